The minimum Gasteiger partial charge on any atom is -0.508 e. The summed E-state index contributed by atoms with van der Waals surface area (Å²) in [6.07, 6.45) is -1.34. The fourth-order valence-corrected chi connectivity index (χ4v) is 4.40. The van der Waals surface area contributed by atoms with Crippen molar-refractivity contribution >= 4 is 23.0 Å². The van der Waals surface area contributed by atoms with Gasteiger partial charge in [0.2, 0.25) is 6.10 Å². The molecule has 164 valence electrons. The van der Waals surface area contributed by atoms with Crippen LogP contribution in [0.15, 0.2) is 29.1 Å². The monoisotopic (exact) mass is 435 g/mol. The number of hydrogen-bond donors (Lipinski definition) is 1. The number of amides is 1. The van der Waals surface area contributed by atoms with E-state index >= 15 is 0 Å². The number of fused-ring (bicyclic) bond motifs is 5. The molecule has 2 aliphatic rings. The standard InChI is InChI=1S/C23H21N3O6/c1-4-12-13-7-11(27)5-6-17(13)24-19-15(12)9-26-18(19)8-14-16(21(26)28)10-31-22(29)20(14)32-23(30)25(2)3/h5-8,20,27H,4,9-10H2,1-3H3. The van der Waals surface area contributed by atoms with Crippen LogP contribution in [0.3, 0.4) is 0 Å². The van der Waals surface area contributed by atoms with E-state index in [1.54, 1.807) is 28.8 Å². The number of aromatic nitrogens is 2. The molecule has 5 rings (SSSR count). The molecular weight excluding hydrogens is 414 g/mol. The number of phenols is 1. The molecule has 0 bridgehead atoms. The van der Waals surface area contributed by atoms with Crippen molar-refractivity contribution in [3.8, 4) is 17.1 Å². The third-order valence-corrected chi connectivity index (χ3v) is 5.97. The molecular formula is C23H21N3O6. The summed E-state index contributed by atoms with van der Waals surface area (Å²) in [5, 5.41) is 10.8. The number of cyclic esters (lactones) is 1. The fourth-order valence-electron chi connectivity index (χ4n) is 4.40. The van der Waals surface area contributed by atoms with Crippen molar-refractivity contribution in [3.63, 3.8) is 0 Å². The minimum atomic E-state index is -1.32. The van der Waals surface area contributed by atoms with Crippen LogP contribution in [0.25, 0.3) is 22.3 Å². The quantitative estimate of drug-likeness (QED) is 0.482. The van der Waals surface area contributed by atoms with Gasteiger partial charge in [-0.3, -0.25) is 4.79 Å². The summed E-state index contributed by atoms with van der Waals surface area (Å²) < 4.78 is 12.1. The SMILES string of the molecule is CCc1c2c(nc3ccc(O)cc13)-c1cc3c(c(=O)n1C2)COC(=O)C3OC(=O)N(C)C. The number of carbonyl (C=O) groups excluding carboxylic acids is 2. The second kappa shape index (κ2) is 7.08. The molecule has 0 radical (unpaired) electrons. The minimum absolute atomic E-state index is 0.151. The van der Waals surface area contributed by atoms with Gasteiger partial charge in [-0.2, -0.15) is 0 Å². The van der Waals surface area contributed by atoms with E-state index in [4.69, 9.17) is 14.5 Å². The Labute approximate surface area is 182 Å². The summed E-state index contributed by atoms with van der Waals surface area (Å²) in [5.41, 5.74) is 4.13. The molecule has 2 aliphatic heterocycles. The third-order valence-electron chi connectivity index (χ3n) is 5.97. The Morgan fingerprint density at radius 3 is 2.78 bits per heavy atom. The normalized spacial score (nSPS) is 16.2. The predicted octanol–water partition coefficient (Wildman–Crippen LogP) is 2.49. The first kappa shape index (κ1) is 20.0. The molecule has 32 heavy (non-hydrogen) atoms. The van der Waals surface area contributed by atoms with Crippen molar-refractivity contribution in [3.05, 3.63) is 56.9 Å². The van der Waals surface area contributed by atoms with Gasteiger partial charge in [0.1, 0.15) is 12.4 Å². The van der Waals surface area contributed by atoms with Crippen molar-refractivity contribution in [2.24, 2.45) is 0 Å². The molecule has 0 saturated heterocycles. The summed E-state index contributed by atoms with van der Waals surface area (Å²) >= 11 is 0. The summed E-state index contributed by atoms with van der Waals surface area (Å²) in [4.78, 5) is 43.8. The van der Waals surface area contributed by atoms with Crippen molar-refractivity contribution in [2.45, 2.75) is 32.6 Å². The first-order chi connectivity index (χ1) is 15.3. The van der Waals surface area contributed by atoms with Crippen LogP contribution in [-0.2, 0) is 33.8 Å². The molecule has 0 saturated carbocycles. The first-order valence-electron chi connectivity index (χ1n) is 10.3. The van der Waals surface area contributed by atoms with E-state index in [-0.39, 0.29) is 23.5 Å². The van der Waals surface area contributed by atoms with Crippen molar-refractivity contribution in [1.82, 2.24) is 14.5 Å². The van der Waals surface area contributed by atoms with Gasteiger partial charge in [0.05, 0.1) is 29.0 Å². The van der Waals surface area contributed by atoms with Gasteiger partial charge in [-0.15, -0.1) is 0 Å². The van der Waals surface area contributed by atoms with Gasteiger partial charge < -0.3 is 24.0 Å². The molecule has 4 heterocycles. The van der Waals surface area contributed by atoms with E-state index in [0.717, 1.165) is 16.5 Å². The van der Waals surface area contributed by atoms with Crippen LogP contribution in [0.2, 0.25) is 0 Å². The van der Waals surface area contributed by atoms with Gasteiger partial charge in [-0.25, -0.2) is 14.6 Å². The molecule has 1 N–H and O–H groups in total. The van der Waals surface area contributed by atoms with Crippen LogP contribution in [0, 0.1) is 0 Å². The van der Waals surface area contributed by atoms with Crippen LogP contribution in [-0.4, -0.2) is 45.7 Å². The zero-order valence-corrected chi connectivity index (χ0v) is 17.8. The van der Waals surface area contributed by atoms with Gasteiger partial charge in [-0.1, -0.05) is 6.92 Å². The van der Waals surface area contributed by atoms with E-state index in [2.05, 4.69) is 0 Å². The Balaban J connectivity index is 1.73. The zero-order valence-electron chi connectivity index (χ0n) is 17.8. The molecule has 9 heteroatoms. The number of benzene rings is 1. The number of ether oxygens (including phenoxy) is 2. The van der Waals surface area contributed by atoms with E-state index in [0.29, 0.717) is 35.4 Å². The molecule has 1 amide bonds. The van der Waals surface area contributed by atoms with Gasteiger partial charge in [0.15, 0.2) is 0 Å². The lowest BCUT2D eigenvalue weighted by molar-refractivity contribution is -0.158. The van der Waals surface area contributed by atoms with Gasteiger partial charge in [0, 0.05) is 30.6 Å². The molecule has 1 atom stereocenters. The van der Waals surface area contributed by atoms with E-state index < -0.39 is 18.2 Å². The maximum atomic E-state index is 13.3. The molecule has 1 aromatic carbocycles. The number of hydrogen-bond acceptors (Lipinski definition) is 7. The maximum absolute atomic E-state index is 13.3. The Morgan fingerprint density at radius 2 is 2.06 bits per heavy atom. The second-order valence-corrected chi connectivity index (χ2v) is 8.09. The third kappa shape index (κ3) is 2.84. The van der Waals surface area contributed by atoms with Gasteiger partial charge in [-0.05, 0) is 36.2 Å². The Hall–Kier alpha value is -3.88. The maximum Gasteiger partial charge on any atom is 0.410 e. The lowest BCUT2D eigenvalue weighted by atomic mass is 9.97. The number of aromatic hydroxyl groups is 1. The Kier molecular flexibility index (Phi) is 4.44. The summed E-state index contributed by atoms with van der Waals surface area (Å²) in [7, 11) is 3.01. The zero-order chi connectivity index (χ0) is 22.7. The smallest absolute Gasteiger partial charge is 0.410 e. The highest BCUT2D eigenvalue weighted by molar-refractivity contribution is 5.89. The van der Waals surface area contributed by atoms with Gasteiger partial charge >= 0.3 is 12.1 Å². The average molecular weight is 435 g/mol. The summed E-state index contributed by atoms with van der Waals surface area (Å²) in [5.74, 6) is -0.565. The van der Waals surface area contributed by atoms with E-state index in [1.165, 1.54) is 19.0 Å². The summed E-state index contributed by atoms with van der Waals surface area (Å²) in [6.45, 7) is 2.16. The van der Waals surface area contributed by atoms with Crippen LogP contribution in [0.5, 0.6) is 5.75 Å². The predicted molar refractivity (Wildman–Crippen MR) is 114 cm³/mol. The Bertz CT molecular complexity index is 1370. The number of esters is 1. The summed E-state index contributed by atoms with van der Waals surface area (Å²) in [6, 6.07) is 6.70. The average Bonchev–Trinajstić information content (AvgIpc) is 3.12. The largest absolute Gasteiger partial charge is 0.508 e. The number of aryl methyl sites for hydroxylation is 1. The fraction of sp³-hybridized carbons (Fsp3) is 0.304. The number of nitrogens with zero attached hydrogens (tertiary/aromatic N) is 3. The van der Waals surface area contributed by atoms with Crippen LogP contribution < -0.4 is 5.56 Å². The topological polar surface area (TPSA) is 111 Å². The highest BCUT2D eigenvalue weighted by atomic mass is 16.6. The first-order valence-corrected chi connectivity index (χ1v) is 10.3. The van der Waals surface area contributed by atoms with Gasteiger partial charge in [0.25, 0.3) is 5.56 Å². The number of phenolic OH excluding ortho intramolecular Hbond substituents is 1. The molecule has 2 aromatic heterocycles. The van der Waals surface area contributed by atoms with Crippen LogP contribution >= 0.6 is 0 Å². The molecule has 0 fully saturated rings. The number of pyridine rings is 2. The van der Waals surface area contributed by atoms with E-state index in [1.807, 2.05) is 6.92 Å². The van der Waals surface area contributed by atoms with E-state index in [9.17, 15) is 19.5 Å². The highest BCUT2D eigenvalue weighted by Gasteiger charge is 2.38. The van der Waals surface area contributed by atoms with Crippen molar-refractivity contribution < 1.29 is 24.2 Å². The highest BCUT2D eigenvalue weighted by Crippen LogP contribution is 2.39. The number of carbonyl (C=O) groups is 2. The number of rotatable bonds is 2. The second-order valence-electron chi connectivity index (χ2n) is 8.09. The molecule has 0 spiro atoms. The van der Waals surface area contributed by atoms with Crippen molar-refractivity contribution in [1.29, 1.82) is 0 Å². The molecule has 3 aromatic rings. The molecule has 0 aliphatic carbocycles. The molecule has 9 nitrogen and oxygen atoms in total. The van der Waals surface area contributed by atoms with Crippen LogP contribution in [0.4, 0.5) is 4.79 Å². The van der Waals surface area contributed by atoms with Crippen LogP contribution in [0.1, 0.15) is 35.3 Å². The van der Waals surface area contributed by atoms with Crippen molar-refractivity contribution in [2.75, 3.05) is 14.1 Å². The lowest BCUT2D eigenvalue weighted by Crippen LogP contribution is -2.36. The molecule has 1 unspecified atom stereocenters. The lowest BCUT2D eigenvalue weighted by Gasteiger charge is -2.26. The Morgan fingerprint density at radius 1 is 1.28 bits per heavy atom.